The molecule has 0 saturated heterocycles. The molecule has 0 fully saturated rings. The minimum absolute atomic E-state index is 0.116. The molecule has 11 heteroatoms. The lowest BCUT2D eigenvalue weighted by Crippen LogP contribution is -2.27. The lowest BCUT2D eigenvalue weighted by Gasteiger charge is -2.22. The molecule has 0 radical (unpaired) electrons. The molecule has 0 aromatic carbocycles. The van der Waals surface area contributed by atoms with Crippen molar-refractivity contribution in [3.63, 3.8) is 0 Å². The molecule has 0 saturated carbocycles. The number of anilines is 1. The number of fused-ring (bicyclic) bond motifs is 1. The summed E-state index contributed by atoms with van der Waals surface area (Å²) in [4.78, 5) is 20.1. The molecule has 162 valence electrons. The molecule has 0 aliphatic heterocycles. The number of amides is 1. The number of carbonyl (C=O) groups is 1. The van der Waals surface area contributed by atoms with Crippen LogP contribution in [0.3, 0.4) is 0 Å². The monoisotopic (exact) mass is 423 g/mol. The number of rotatable bonds is 4. The van der Waals surface area contributed by atoms with E-state index in [0.29, 0.717) is 29.2 Å². The lowest BCUT2D eigenvalue weighted by molar-refractivity contribution is -0.144. The van der Waals surface area contributed by atoms with Crippen molar-refractivity contribution in [2.45, 2.75) is 66.1 Å². The molecule has 0 aliphatic rings. The van der Waals surface area contributed by atoms with Gasteiger partial charge in [0.15, 0.2) is 0 Å². The standard InChI is InChI=1S/C19H24F3N7O/c1-10-9-14(29(26-10)18(4,5)6)24-15(30)8-7-13-11(2)23-17-25-16(19(20,21)22)27-28(17)12(13)3/h9H,7-8H2,1-6H3,(H,24,30). The van der Waals surface area contributed by atoms with Gasteiger partial charge >= 0.3 is 6.18 Å². The Morgan fingerprint density at radius 2 is 1.77 bits per heavy atom. The predicted molar refractivity (Wildman–Crippen MR) is 104 cm³/mol. The van der Waals surface area contributed by atoms with Gasteiger partial charge in [-0.3, -0.25) is 4.79 Å². The van der Waals surface area contributed by atoms with Crippen LogP contribution in [0, 0.1) is 20.8 Å². The number of aryl methyl sites for hydroxylation is 3. The first-order valence-electron chi connectivity index (χ1n) is 9.44. The SMILES string of the molecule is Cc1cc(NC(=O)CCc2c(C)nc3nc(C(F)(F)F)nn3c2C)n(C(C)(C)C)n1. The van der Waals surface area contributed by atoms with Crippen LogP contribution in [0.5, 0.6) is 0 Å². The minimum atomic E-state index is -4.65. The number of halogens is 3. The zero-order valence-electron chi connectivity index (χ0n) is 17.7. The lowest BCUT2D eigenvalue weighted by atomic mass is 10.1. The van der Waals surface area contributed by atoms with Gasteiger partial charge in [-0.05, 0) is 53.5 Å². The second kappa shape index (κ2) is 7.37. The van der Waals surface area contributed by atoms with Crippen molar-refractivity contribution in [2.24, 2.45) is 0 Å². The van der Waals surface area contributed by atoms with Crippen LogP contribution in [-0.4, -0.2) is 35.3 Å². The average Bonchev–Trinajstić information content (AvgIpc) is 3.17. The first kappa shape index (κ1) is 21.7. The number of nitrogens with zero attached hydrogens (tertiary/aromatic N) is 6. The van der Waals surface area contributed by atoms with E-state index in [1.165, 1.54) is 0 Å². The van der Waals surface area contributed by atoms with Crippen molar-refractivity contribution < 1.29 is 18.0 Å². The van der Waals surface area contributed by atoms with Gasteiger partial charge in [-0.25, -0.2) is 14.2 Å². The van der Waals surface area contributed by atoms with Crippen LogP contribution in [0.25, 0.3) is 5.78 Å². The van der Waals surface area contributed by atoms with E-state index in [1.54, 1.807) is 24.6 Å². The van der Waals surface area contributed by atoms with Crippen LogP contribution >= 0.6 is 0 Å². The van der Waals surface area contributed by atoms with Gasteiger partial charge in [-0.1, -0.05) is 0 Å². The molecule has 0 bridgehead atoms. The predicted octanol–water partition coefficient (Wildman–Crippen LogP) is 3.59. The average molecular weight is 423 g/mol. The number of carbonyl (C=O) groups excluding carboxylic acids is 1. The highest BCUT2D eigenvalue weighted by Gasteiger charge is 2.37. The van der Waals surface area contributed by atoms with Gasteiger partial charge in [0.1, 0.15) is 5.82 Å². The summed E-state index contributed by atoms with van der Waals surface area (Å²) in [6.45, 7) is 11.1. The Morgan fingerprint density at radius 3 is 2.37 bits per heavy atom. The highest BCUT2D eigenvalue weighted by atomic mass is 19.4. The smallest absolute Gasteiger partial charge is 0.311 e. The van der Waals surface area contributed by atoms with Crippen LogP contribution in [0.15, 0.2) is 6.07 Å². The molecule has 3 aromatic rings. The summed E-state index contributed by atoms with van der Waals surface area (Å²) in [5.74, 6) is -0.986. The molecule has 3 heterocycles. The second-order valence-corrected chi connectivity index (χ2v) is 8.21. The molecule has 0 unspecified atom stereocenters. The zero-order chi connectivity index (χ0) is 22.4. The van der Waals surface area contributed by atoms with Crippen molar-refractivity contribution in [3.8, 4) is 0 Å². The summed E-state index contributed by atoms with van der Waals surface area (Å²) in [6, 6.07) is 1.79. The van der Waals surface area contributed by atoms with Crippen molar-refractivity contribution in [1.82, 2.24) is 29.4 Å². The molecule has 0 spiro atoms. The molecule has 1 N–H and O–H groups in total. The number of hydrogen-bond acceptors (Lipinski definition) is 5. The molecular formula is C19H24F3N7O. The summed E-state index contributed by atoms with van der Waals surface area (Å²) < 4.78 is 41.6. The number of nitrogens with one attached hydrogen (secondary N) is 1. The Bertz CT molecular complexity index is 1110. The highest BCUT2D eigenvalue weighted by Crippen LogP contribution is 2.27. The maximum Gasteiger partial charge on any atom is 0.453 e. The van der Waals surface area contributed by atoms with E-state index in [-0.39, 0.29) is 23.6 Å². The van der Waals surface area contributed by atoms with E-state index in [4.69, 9.17) is 0 Å². The Balaban J connectivity index is 1.80. The molecule has 0 atom stereocenters. The van der Waals surface area contributed by atoms with Crippen LogP contribution in [0.1, 0.15) is 55.7 Å². The second-order valence-electron chi connectivity index (χ2n) is 8.21. The first-order chi connectivity index (χ1) is 13.8. The summed E-state index contributed by atoms with van der Waals surface area (Å²) in [6.07, 6.45) is -4.22. The van der Waals surface area contributed by atoms with Crippen molar-refractivity contribution >= 4 is 17.5 Å². The minimum Gasteiger partial charge on any atom is -0.311 e. The molecule has 3 aromatic heterocycles. The van der Waals surface area contributed by atoms with Crippen LogP contribution in [0.2, 0.25) is 0 Å². The van der Waals surface area contributed by atoms with Gasteiger partial charge in [0.2, 0.25) is 5.91 Å². The normalized spacial score (nSPS) is 12.6. The van der Waals surface area contributed by atoms with Gasteiger partial charge in [-0.2, -0.15) is 23.3 Å². The molecule has 0 aliphatic carbocycles. The maximum atomic E-state index is 12.9. The van der Waals surface area contributed by atoms with Crippen LogP contribution < -0.4 is 5.32 Å². The third-order valence-electron chi connectivity index (χ3n) is 4.64. The molecule has 8 nitrogen and oxygen atoms in total. The van der Waals surface area contributed by atoms with Gasteiger partial charge in [0.25, 0.3) is 11.6 Å². The fourth-order valence-corrected chi connectivity index (χ4v) is 3.23. The maximum absolute atomic E-state index is 12.9. The Labute approximate surface area is 171 Å². The number of alkyl halides is 3. The fourth-order valence-electron chi connectivity index (χ4n) is 3.23. The van der Waals surface area contributed by atoms with E-state index in [1.807, 2.05) is 27.7 Å². The Kier molecular flexibility index (Phi) is 5.33. The first-order valence-corrected chi connectivity index (χ1v) is 9.44. The Morgan fingerprint density at radius 1 is 1.10 bits per heavy atom. The Hall–Kier alpha value is -2.98. The fraction of sp³-hybridized carbons (Fsp3) is 0.526. The third kappa shape index (κ3) is 4.29. The topological polar surface area (TPSA) is 90.0 Å². The summed E-state index contributed by atoms with van der Waals surface area (Å²) in [5.41, 5.74) is 2.14. The molecular weight excluding hydrogens is 399 g/mol. The number of hydrogen-bond donors (Lipinski definition) is 1. The summed E-state index contributed by atoms with van der Waals surface area (Å²) in [7, 11) is 0. The van der Waals surface area contributed by atoms with Crippen LogP contribution in [-0.2, 0) is 22.9 Å². The van der Waals surface area contributed by atoms with Crippen molar-refractivity contribution in [2.75, 3.05) is 5.32 Å². The third-order valence-corrected chi connectivity index (χ3v) is 4.64. The largest absolute Gasteiger partial charge is 0.453 e. The van der Waals surface area contributed by atoms with Crippen molar-refractivity contribution in [1.29, 1.82) is 0 Å². The van der Waals surface area contributed by atoms with E-state index in [9.17, 15) is 18.0 Å². The van der Waals surface area contributed by atoms with E-state index < -0.39 is 12.0 Å². The zero-order valence-corrected chi connectivity index (χ0v) is 17.7. The van der Waals surface area contributed by atoms with Gasteiger partial charge < -0.3 is 5.32 Å². The van der Waals surface area contributed by atoms with E-state index in [2.05, 4.69) is 25.5 Å². The van der Waals surface area contributed by atoms with E-state index in [0.717, 1.165) is 10.2 Å². The number of aromatic nitrogens is 6. The molecule has 1 amide bonds. The summed E-state index contributed by atoms with van der Waals surface area (Å²) >= 11 is 0. The summed E-state index contributed by atoms with van der Waals surface area (Å²) in [5, 5.41) is 10.8. The van der Waals surface area contributed by atoms with Gasteiger partial charge in [-0.15, -0.1) is 5.10 Å². The molecule has 30 heavy (non-hydrogen) atoms. The van der Waals surface area contributed by atoms with E-state index >= 15 is 0 Å². The van der Waals surface area contributed by atoms with Crippen LogP contribution in [0.4, 0.5) is 19.0 Å². The van der Waals surface area contributed by atoms with Crippen molar-refractivity contribution in [3.05, 3.63) is 34.5 Å². The van der Waals surface area contributed by atoms with Gasteiger partial charge in [0.05, 0.1) is 11.2 Å². The molecule has 3 rings (SSSR count). The van der Waals surface area contributed by atoms with Gasteiger partial charge in [0, 0.05) is 23.9 Å². The highest BCUT2D eigenvalue weighted by molar-refractivity contribution is 5.90. The quantitative estimate of drug-likeness (QED) is 0.693.